The van der Waals surface area contributed by atoms with Crippen molar-refractivity contribution in [1.82, 2.24) is 19.5 Å². The van der Waals surface area contributed by atoms with E-state index in [0.29, 0.717) is 58.7 Å². The molecule has 2 aromatic carbocycles. The topological polar surface area (TPSA) is 88.8 Å². The van der Waals surface area contributed by atoms with Crippen LogP contribution in [0.1, 0.15) is 0 Å². The summed E-state index contributed by atoms with van der Waals surface area (Å²) in [6.45, 7) is 2.92. The fourth-order valence-electron chi connectivity index (χ4n) is 3.88. The molecule has 0 bridgehead atoms. The highest BCUT2D eigenvalue weighted by Crippen LogP contribution is 2.32. The van der Waals surface area contributed by atoms with Crippen LogP contribution in [0.15, 0.2) is 75.6 Å². The quantitative estimate of drug-likeness (QED) is 0.407. The van der Waals surface area contributed by atoms with Crippen molar-refractivity contribution < 1.29 is 13.9 Å². The predicted molar refractivity (Wildman–Crippen MR) is 136 cm³/mol. The van der Waals surface area contributed by atoms with Gasteiger partial charge < -0.3 is 10.1 Å². The van der Waals surface area contributed by atoms with E-state index in [4.69, 9.17) is 16.3 Å². The van der Waals surface area contributed by atoms with Crippen LogP contribution in [0.2, 0.25) is 5.02 Å². The van der Waals surface area contributed by atoms with Crippen molar-refractivity contribution >= 4 is 40.5 Å². The monoisotopic (exact) mass is 525 g/mol. The summed E-state index contributed by atoms with van der Waals surface area (Å²) in [7, 11) is 0. The summed E-state index contributed by atoms with van der Waals surface area (Å²) >= 11 is 7.91. The molecule has 0 aliphatic carbocycles. The summed E-state index contributed by atoms with van der Waals surface area (Å²) < 4.78 is 20.0. The summed E-state index contributed by atoms with van der Waals surface area (Å²) in [4.78, 5) is 32.0. The van der Waals surface area contributed by atoms with Gasteiger partial charge in [-0.3, -0.25) is 14.5 Å². The van der Waals surface area contributed by atoms with E-state index in [9.17, 15) is 14.0 Å². The van der Waals surface area contributed by atoms with E-state index in [1.807, 2.05) is 4.90 Å². The third-order valence-electron chi connectivity index (χ3n) is 5.62. The van der Waals surface area contributed by atoms with Crippen molar-refractivity contribution in [2.45, 2.75) is 9.92 Å². The Bertz CT molecular complexity index is 1480. The Morgan fingerprint density at radius 1 is 1.11 bits per heavy atom. The van der Waals surface area contributed by atoms with Crippen LogP contribution in [0.5, 0.6) is 0 Å². The molecule has 0 radical (unpaired) electrons. The van der Waals surface area contributed by atoms with Crippen molar-refractivity contribution in [3.63, 3.8) is 0 Å². The van der Waals surface area contributed by atoms with Crippen LogP contribution < -0.4 is 10.9 Å². The lowest BCUT2D eigenvalue weighted by Crippen LogP contribution is -2.41. The molecule has 1 saturated heterocycles. The highest BCUT2D eigenvalue weighted by atomic mass is 35.5. The zero-order valence-corrected chi connectivity index (χ0v) is 20.6. The molecular weight excluding hydrogens is 505 g/mol. The molecule has 0 unspecified atom stereocenters. The number of nitrogens with zero attached hydrogens (tertiary/aromatic N) is 4. The van der Waals surface area contributed by atoms with Crippen molar-refractivity contribution in [2.24, 2.45) is 0 Å². The maximum atomic E-state index is 13.2. The molecule has 4 aromatic rings. The minimum atomic E-state index is -0.443. The molecule has 0 atom stereocenters. The number of benzene rings is 2. The van der Waals surface area contributed by atoms with Crippen LogP contribution in [0.4, 0.5) is 10.1 Å². The van der Waals surface area contributed by atoms with Gasteiger partial charge in [-0.2, -0.15) is 10.1 Å². The molecule has 1 aliphatic heterocycles. The van der Waals surface area contributed by atoms with Gasteiger partial charge >= 0.3 is 0 Å². The summed E-state index contributed by atoms with van der Waals surface area (Å²) in [5, 5.41) is 8.33. The third kappa shape index (κ3) is 5.57. The Balaban J connectivity index is 1.38. The van der Waals surface area contributed by atoms with Crippen molar-refractivity contribution in [1.29, 1.82) is 0 Å². The number of hydrogen-bond acceptors (Lipinski definition) is 7. The van der Waals surface area contributed by atoms with Crippen molar-refractivity contribution in [2.75, 3.05) is 38.2 Å². The first-order valence-corrected chi connectivity index (χ1v) is 12.4. The van der Waals surface area contributed by atoms with Crippen LogP contribution in [-0.2, 0) is 9.53 Å². The number of fused-ring (bicyclic) bond motifs is 1. The van der Waals surface area contributed by atoms with E-state index < -0.39 is 5.56 Å². The smallest absolute Gasteiger partial charge is 0.281 e. The zero-order chi connectivity index (χ0) is 25.1. The number of rotatable bonds is 6. The Labute approximate surface area is 215 Å². The number of aromatic nitrogens is 3. The third-order valence-corrected chi connectivity index (χ3v) is 6.87. The lowest BCUT2D eigenvalue weighted by Gasteiger charge is -2.25. The van der Waals surface area contributed by atoms with E-state index >= 15 is 0 Å². The second-order valence-electron chi connectivity index (χ2n) is 8.11. The zero-order valence-electron chi connectivity index (χ0n) is 19.0. The molecule has 36 heavy (non-hydrogen) atoms. The lowest BCUT2D eigenvalue weighted by molar-refractivity contribution is -0.118. The fraction of sp³-hybridized carbons (Fsp3) is 0.200. The van der Waals surface area contributed by atoms with Gasteiger partial charge in [-0.05, 0) is 48.5 Å². The minimum absolute atomic E-state index is 0.150. The number of morpholine rings is 1. The predicted octanol–water partition coefficient (Wildman–Crippen LogP) is 3.97. The maximum Gasteiger partial charge on any atom is 0.281 e. The van der Waals surface area contributed by atoms with Gasteiger partial charge in [0.05, 0.1) is 35.9 Å². The van der Waals surface area contributed by atoms with Crippen LogP contribution in [-0.4, -0.2) is 58.3 Å². The van der Waals surface area contributed by atoms with Crippen molar-refractivity contribution in [3.8, 4) is 11.1 Å². The van der Waals surface area contributed by atoms with Gasteiger partial charge in [-0.25, -0.2) is 8.91 Å². The first-order chi connectivity index (χ1) is 17.5. The van der Waals surface area contributed by atoms with E-state index in [-0.39, 0.29) is 18.3 Å². The second-order valence-corrected chi connectivity index (χ2v) is 9.61. The van der Waals surface area contributed by atoms with E-state index in [1.54, 1.807) is 42.5 Å². The van der Waals surface area contributed by atoms with Gasteiger partial charge in [-0.1, -0.05) is 29.4 Å². The molecular formula is C25H21ClFN5O3S. The Morgan fingerprint density at radius 2 is 1.89 bits per heavy atom. The molecule has 1 N–H and O–H groups in total. The molecule has 0 spiro atoms. The average Bonchev–Trinajstić information content (AvgIpc) is 2.87. The molecule has 1 fully saturated rings. The number of carbonyl (C=O) groups excluding carboxylic acids is 1. The van der Waals surface area contributed by atoms with E-state index in [2.05, 4.69) is 15.4 Å². The van der Waals surface area contributed by atoms with Crippen LogP contribution >= 0.6 is 23.4 Å². The lowest BCUT2D eigenvalue weighted by atomic mass is 10.1. The minimum Gasteiger partial charge on any atom is -0.379 e. The number of amides is 1. The number of halogens is 2. The highest BCUT2D eigenvalue weighted by Gasteiger charge is 2.17. The molecule has 8 nitrogen and oxygen atoms in total. The van der Waals surface area contributed by atoms with Gasteiger partial charge in [-0.15, -0.1) is 0 Å². The van der Waals surface area contributed by atoms with Crippen LogP contribution in [0, 0.1) is 5.82 Å². The SMILES string of the molecule is O=C(CN1CCOCC1)Nc1ccc(-c2c(=O)ncn3nc(Sc4ccc(F)cc4)ccc23)c(Cl)c1. The highest BCUT2D eigenvalue weighted by molar-refractivity contribution is 7.99. The molecule has 3 heterocycles. The average molecular weight is 526 g/mol. The molecule has 11 heteroatoms. The summed E-state index contributed by atoms with van der Waals surface area (Å²) in [6.07, 6.45) is 1.35. The summed E-state index contributed by atoms with van der Waals surface area (Å²) in [5.74, 6) is -0.459. The first-order valence-electron chi connectivity index (χ1n) is 11.2. The molecule has 1 aliphatic rings. The number of ether oxygens (including phenoxy) is 1. The molecule has 184 valence electrons. The first kappa shape index (κ1) is 24.4. The van der Waals surface area contributed by atoms with E-state index in [1.165, 1.54) is 34.7 Å². The normalized spacial score (nSPS) is 14.2. The Hall–Kier alpha value is -3.31. The largest absolute Gasteiger partial charge is 0.379 e. The molecule has 5 rings (SSSR count). The number of nitrogens with one attached hydrogen (secondary N) is 1. The molecule has 1 amide bonds. The van der Waals surface area contributed by atoms with Gasteiger partial charge in [0, 0.05) is 29.2 Å². The standard InChI is InChI=1S/C25H21ClFN5O3S/c26-20-13-17(29-22(33)14-31-9-11-35-12-10-31)3-6-19(20)24-21-7-8-23(30-32(21)15-28-25(24)34)36-18-4-1-16(27)2-5-18/h1-8,13,15H,9-12,14H2,(H,29,33). The Morgan fingerprint density at radius 3 is 2.64 bits per heavy atom. The fourth-order valence-corrected chi connectivity index (χ4v) is 4.93. The summed E-state index contributed by atoms with van der Waals surface area (Å²) in [5.41, 5.74) is 1.41. The van der Waals surface area contributed by atoms with Gasteiger partial charge in [0.1, 0.15) is 17.2 Å². The van der Waals surface area contributed by atoms with E-state index in [0.717, 1.165) is 4.90 Å². The van der Waals surface area contributed by atoms with Crippen LogP contribution in [0.3, 0.4) is 0 Å². The molecule has 2 aromatic heterocycles. The summed E-state index contributed by atoms with van der Waals surface area (Å²) in [6, 6.07) is 14.7. The number of carbonyl (C=O) groups is 1. The van der Waals surface area contributed by atoms with Crippen molar-refractivity contribution in [3.05, 3.63) is 82.1 Å². The van der Waals surface area contributed by atoms with Gasteiger partial charge in [0.15, 0.2) is 0 Å². The Kier molecular flexibility index (Phi) is 7.28. The molecule has 0 saturated carbocycles. The van der Waals surface area contributed by atoms with Gasteiger partial charge in [0.2, 0.25) is 5.91 Å². The second kappa shape index (κ2) is 10.8. The maximum absolute atomic E-state index is 13.2. The van der Waals surface area contributed by atoms with Crippen LogP contribution in [0.25, 0.3) is 16.6 Å². The number of hydrogen-bond donors (Lipinski definition) is 1. The number of anilines is 1. The van der Waals surface area contributed by atoms with Gasteiger partial charge in [0.25, 0.3) is 5.56 Å².